The lowest BCUT2D eigenvalue weighted by atomic mass is 10.2. The molecule has 3 heterocycles. The summed E-state index contributed by atoms with van der Waals surface area (Å²) >= 11 is 4.94. The highest BCUT2D eigenvalue weighted by Crippen LogP contribution is 2.27. The molecule has 5 nitrogen and oxygen atoms in total. The monoisotopic (exact) mass is 412 g/mol. The molecule has 0 spiro atoms. The van der Waals surface area contributed by atoms with E-state index in [1.54, 1.807) is 24.0 Å². The third-order valence-corrected chi connectivity index (χ3v) is 5.21. The number of aryl methyl sites for hydroxylation is 1. The van der Waals surface area contributed by atoms with Crippen molar-refractivity contribution < 1.29 is 0 Å². The van der Waals surface area contributed by atoms with E-state index in [1.165, 1.54) is 4.40 Å². The van der Waals surface area contributed by atoms with Crippen LogP contribution >= 0.6 is 27.7 Å². The highest BCUT2D eigenvalue weighted by molar-refractivity contribution is 9.10. The van der Waals surface area contributed by atoms with Gasteiger partial charge in [-0.15, -0.1) is 0 Å². The van der Waals surface area contributed by atoms with Crippen molar-refractivity contribution in [2.24, 2.45) is 0 Å². The smallest absolute Gasteiger partial charge is 0.258 e. The number of para-hydroxylation sites is 1. The average Bonchev–Trinajstić information content (AvgIpc) is 2.60. The molecule has 0 radical (unpaired) electrons. The highest BCUT2D eigenvalue weighted by atomic mass is 79.9. The first-order valence-electron chi connectivity index (χ1n) is 7.64. The number of pyridine rings is 1. The molecule has 0 fully saturated rings. The number of benzene rings is 1. The predicted molar refractivity (Wildman–Crippen MR) is 103 cm³/mol. The molecule has 0 saturated carbocycles. The fraction of sp³-hybridized carbons (Fsp3) is 0.111. The molecule has 0 aliphatic carbocycles. The summed E-state index contributed by atoms with van der Waals surface area (Å²) < 4.78 is 2.37. The van der Waals surface area contributed by atoms with Crippen LogP contribution in [0.15, 0.2) is 63.0 Å². The Morgan fingerprint density at radius 3 is 2.84 bits per heavy atom. The number of hydrogen-bond acceptors (Lipinski definition) is 5. The standard InChI is InChI=1S/C18H13BrN4OS/c1-11-20-15-5-3-2-4-14(15)18(21-11)25-10-13-8-17(24)23-9-12(19)6-7-16(23)22-13/h2-9H,10H2,1H3. The van der Waals surface area contributed by atoms with Crippen LogP contribution < -0.4 is 5.56 Å². The lowest BCUT2D eigenvalue weighted by Crippen LogP contribution is -2.15. The predicted octanol–water partition coefficient (Wildman–Crippen LogP) is 4.00. The van der Waals surface area contributed by atoms with Crippen molar-refractivity contribution in [2.45, 2.75) is 17.7 Å². The van der Waals surface area contributed by atoms with Gasteiger partial charge in [-0.3, -0.25) is 9.20 Å². The van der Waals surface area contributed by atoms with Crippen molar-refractivity contribution in [3.8, 4) is 0 Å². The number of aromatic nitrogens is 4. The molecule has 0 aliphatic rings. The Kier molecular flexibility index (Phi) is 4.27. The second kappa shape index (κ2) is 6.57. The van der Waals surface area contributed by atoms with Crippen LogP contribution in [0.5, 0.6) is 0 Å². The van der Waals surface area contributed by atoms with Gasteiger partial charge in [0, 0.05) is 27.9 Å². The van der Waals surface area contributed by atoms with Crippen molar-refractivity contribution in [3.05, 3.63) is 75.0 Å². The zero-order valence-electron chi connectivity index (χ0n) is 13.3. The van der Waals surface area contributed by atoms with Crippen LogP contribution in [0.1, 0.15) is 11.5 Å². The van der Waals surface area contributed by atoms with Crippen molar-refractivity contribution >= 4 is 44.2 Å². The van der Waals surface area contributed by atoms with E-state index in [4.69, 9.17) is 0 Å². The molecule has 0 N–H and O–H groups in total. The van der Waals surface area contributed by atoms with E-state index in [1.807, 2.05) is 43.3 Å². The Balaban J connectivity index is 1.69. The number of rotatable bonds is 3. The van der Waals surface area contributed by atoms with E-state index in [0.717, 1.165) is 31.9 Å². The van der Waals surface area contributed by atoms with Crippen molar-refractivity contribution in [1.29, 1.82) is 0 Å². The number of hydrogen-bond donors (Lipinski definition) is 0. The first-order chi connectivity index (χ1) is 12.1. The average molecular weight is 413 g/mol. The maximum Gasteiger partial charge on any atom is 0.258 e. The Labute approximate surface area is 156 Å². The summed E-state index contributed by atoms with van der Waals surface area (Å²) in [6.45, 7) is 1.88. The third-order valence-electron chi connectivity index (χ3n) is 3.71. The molecule has 3 aromatic heterocycles. The number of thioether (sulfide) groups is 1. The topological polar surface area (TPSA) is 60.2 Å². The lowest BCUT2D eigenvalue weighted by molar-refractivity contribution is 0.996. The zero-order chi connectivity index (χ0) is 17.4. The van der Waals surface area contributed by atoms with Gasteiger partial charge in [0.15, 0.2) is 0 Å². The van der Waals surface area contributed by atoms with Gasteiger partial charge in [0.25, 0.3) is 5.56 Å². The number of nitrogens with zero attached hydrogens (tertiary/aromatic N) is 4. The van der Waals surface area contributed by atoms with Gasteiger partial charge in [-0.1, -0.05) is 30.0 Å². The highest BCUT2D eigenvalue weighted by Gasteiger charge is 2.08. The van der Waals surface area contributed by atoms with E-state index in [0.29, 0.717) is 11.4 Å². The van der Waals surface area contributed by atoms with Crippen LogP contribution in [0.2, 0.25) is 0 Å². The van der Waals surface area contributed by atoms with Gasteiger partial charge >= 0.3 is 0 Å². The number of fused-ring (bicyclic) bond motifs is 2. The van der Waals surface area contributed by atoms with Crippen LogP contribution in [0.25, 0.3) is 16.6 Å². The van der Waals surface area contributed by atoms with E-state index in [2.05, 4.69) is 30.9 Å². The van der Waals surface area contributed by atoms with Gasteiger partial charge < -0.3 is 0 Å². The number of halogens is 1. The van der Waals surface area contributed by atoms with Crippen molar-refractivity contribution in [3.63, 3.8) is 0 Å². The normalized spacial score (nSPS) is 11.3. The summed E-state index contributed by atoms with van der Waals surface area (Å²) in [5, 5.41) is 1.92. The van der Waals surface area contributed by atoms with E-state index >= 15 is 0 Å². The third kappa shape index (κ3) is 3.29. The fourth-order valence-electron chi connectivity index (χ4n) is 2.61. The molecule has 0 saturated heterocycles. The van der Waals surface area contributed by atoms with Gasteiger partial charge in [0.1, 0.15) is 16.5 Å². The van der Waals surface area contributed by atoms with Gasteiger partial charge in [-0.2, -0.15) is 0 Å². The quantitative estimate of drug-likeness (QED) is 0.375. The van der Waals surface area contributed by atoms with Crippen molar-refractivity contribution in [2.75, 3.05) is 0 Å². The first kappa shape index (κ1) is 16.2. The van der Waals surface area contributed by atoms with E-state index in [9.17, 15) is 4.79 Å². The van der Waals surface area contributed by atoms with Crippen LogP contribution in [0.3, 0.4) is 0 Å². The molecule has 4 rings (SSSR count). The van der Waals surface area contributed by atoms with Crippen molar-refractivity contribution in [1.82, 2.24) is 19.4 Å². The largest absolute Gasteiger partial charge is 0.269 e. The Bertz CT molecular complexity index is 1160. The van der Waals surface area contributed by atoms with Crippen LogP contribution in [-0.4, -0.2) is 19.4 Å². The molecular weight excluding hydrogens is 400 g/mol. The second-order valence-electron chi connectivity index (χ2n) is 5.54. The minimum Gasteiger partial charge on any atom is -0.269 e. The van der Waals surface area contributed by atoms with Crippen LogP contribution in [0.4, 0.5) is 0 Å². The SMILES string of the molecule is Cc1nc(SCc2cc(=O)n3cc(Br)ccc3n2)c2ccccc2n1. The van der Waals surface area contributed by atoms with E-state index in [-0.39, 0.29) is 5.56 Å². The summed E-state index contributed by atoms with van der Waals surface area (Å²) in [4.78, 5) is 25.9. The van der Waals surface area contributed by atoms with E-state index < -0.39 is 0 Å². The minimum atomic E-state index is -0.0920. The molecule has 124 valence electrons. The molecule has 0 atom stereocenters. The van der Waals surface area contributed by atoms with Crippen LogP contribution in [-0.2, 0) is 5.75 Å². The second-order valence-corrected chi connectivity index (χ2v) is 7.42. The van der Waals surface area contributed by atoms with Gasteiger partial charge in [-0.25, -0.2) is 15.0 Å². The summed E-state index contributed by atoms with van der Waals surface area (Å²) in [5.41, 5.74) is 2.20. The fourth-order valence-corrected chi connectivity index (χ4v) is 3.91. The molecule has 0 aliphatic heterocycles. The molecule has 1 aromatic carbocycles. The maximum absolute atomic E-state index is 12.3. The summed E-state index contributed by atoms with van der Waals surface area (Å²) in [7, 11) is 0. The molecule has 7 heteroatoms. The molecule has 0 unspecified atom stereocenters. The Morgan fingerprint density at radius 2 is 1.96 bits per heavy atom. The molecule has 4 aromatic rings. The molecular formula is C18H13BrN4OS. The molecule has 0 bridgehead atoms. The summed E-state index contributed by atoms with van der Waals surface area (Å²) in [6, 6.07) is 13.2. The first-order valence-corrected chi connectivity index (χ1v) is 9.42. The van der Waals surface area contributed by atoms with Crippen LogP contribution in [0, 0.1) is 6.92 Å². The maximum atomic E-state index is 12.3. The Hall–Kier alpha value is -2.25. The lowest BCUT2D eigenvalue weighted by Gasteiger charge is -2.07. The summed E-state index contributed by atoms with van der Waals surface area (Å²) in [5.74, 6) is 1.31. The van der Waals surface area contributed by atoms with Gasteiger partial charge in [0.2, 0.25) is 0 Å². The zero-order valence-corrected chi connectivity index (χ0v) is 15.7. The van der Waals surface area contributed by atoms with Gasteiger partial charge in [0.05, 0.1) is 11.2 Å². The minimum absolute atomic E-state index is 0.0920. The Morgan fingerprint density at radius 1 is 1.12 bits per heavy atom. The summed E-state index contributed by atoms with van der Waals surface area (Å²) in [6.07, 6.45) is 1.73. The van der Waals surface area contributed by atoms with Gasteiger partial charge in [-0.05, 0) is 41.1 Å². The molecule has 0 amide bonds. The molecule has 25 heavy (non-hydrogen) atoms.